The van der Waals surface area contributed by atoms with E-state index in [-0.39, 0.29) is 12.5 Å². The molecule has 0 spiro atoms. The zero-order chi connectivity index (χ0) is 25.0. The number of aryl methyl sites for hydroxylation is 1. The van der Waals surface area contributed by atoms with Crippen LogP contribution < -0.4 is 5.32 Å². The number of hydrogen-bond donors (Lipinski definition) is 1. The molecule has 1 aliphatic rings. The number of alkyl halides is 3. The molecule has 1 saturated heterocycles. The van der Waals surface area contributed by atoms with Gasteiger partial charge >= 0.3 is 12.3 Å². The van der Waals surface area contributed by atoms with Crippen molar-refractivity contribution in [3.05, 3.63) is 29.8 Å². The molecule has 1 aliphatic heterocycles. The van der Waals surface area contributed by atoms with Crippen LogP contribution in [0, 0.1) is 6.92 Å². The van der Waals surface area contributed by atoms with Crippen LogP contribution in [-0.4, -0.2) is 80.1 Å². The first-order valence-electron chi connectivity index (χ1n) is 10.7. The second kappa shape index (κ2) is 10.1. The lowest BCUT2D eigenvalue weighted by molar-refractivity contribution is -0.141. The van der Waals surface area contributed by atoms with Gasteiger partial charge in [-0.3, -0.25) is 19.0 Å². The lowest BCUT2D eigenvalue weighted by Gasteiger charge is -2.35. The highest BCUT2D eigenvalue weighted by Gasteiger charge is 2.33. The summed E-state index contributed by atoms with van der Waals surface area (Å²) in [6.07, 6.45) is -2.43. The molecule has 14 heteroatoms. The van der Waals surface area contributed by atoms with Crippen molar-refractivity contribution in [2.45, 2.75) is 39.5 Å². The summed E-state index contributed by atoms with van der Waals surface area (Å²) >= 11 is 0. The fraction of sp³-hybridized carbons (Fsp3) is 0.550. The second-order valence-electron chi connectivity index (χ2n) is 7.74. The third-order valence-corrected chi connectivity index (χ3v) is 5.30. The summed E-state index contributed by atoms with van der Waals surface area (Å²) in [6.45, 7) is 6.33. The predicted molar refractivity (Wildman–Crippen MR) is 113 cm³/mol. The van der Waals surface area contributed by atoms with Crippen molar-refractivity contribution in [3.63, 3.8) is 0 Å². The van der Waals surface area contributed by atoms with E-state index in [1.807, 2.05) is 0 Å². The Hall–Kier alpha value is -3.58. The molecule has 186 valence electrons. The number of ether oxygens (including phenoxy) is 1. The van der Waals surface area contributed by atoms with E-state index in [0.29, 0.717) is 37.6 Å². The van der Waals surface area contributed by atoms with Gasteiger partial charge in [0.15, 0.2) is 5.69 Å². The molecule has 2 aromatic heterocycles. The van der Waals surface area contributed by atoms with E-state index >= 15 is 0 Å². The van der Waals surface area contributed by atoms with Gasteiger partial charge in [0, 0.05) is 38.6 Å². The van der Waals surface area contributed by atoms with Crippen LogP contribution in [0.3, 0.4) is 0 Å². The Kier molecular flexibility index (Phi) is 7.47. The van der Waals surface area contributed by atoms with Gasteiger partial charge in [-0.05, 0) is 26.8 Å². The van der Waals surface area contributed by atoms with Gasteiger partial charge in [-0.25, -0.2) is 4.79 Å². The van der Waals surface area contributed by atoms with Crippen molar-refractivity contribution < 1.29 is 32.3 Å². The van der Waals surface area contributed by atoms with Gasteiger partial charge in [-0.1, -0.05) is 0 Å². The zero-order valence-electron chi connectivity index (χ0n) is 19.0. The quantitative estimate of drug-likeness (QED) is 0.669. The molecule has 0 radical (unpaired) electrons. The van der Waals surface area contributed by atoms with Crippen molar-refractivity contribution >= 4 is 23.6 Å². The van der Waals surface area contributed by atoms with Gasteiger partial charge in [0.1, 0.15) is 12.6 Å². The van der Waals surface area contributed by atoms with Crippen molar-refractivity contribution in [3.8, 4) is 0 Å². The summed E-state index contributed by atoms with van der Waals surface area (Å²) < 4.78 is 45.3. The third kappa shape index (κ3) is 5.85. The van der Waals surface area contributed by atoms with Gasteiger partial charge in [-0.2, -0.15) is 23.4 Å². The van der Waals surface area contributed by atoms with Gasteiger partial charge in [-0.15, -0.1) is 0 Å². The maximum Gasteiger partial charge on any atom is 0.435 e. The van der Waals surface area contributed by atoms with Gasteiger partial charge in [0.2, 0.25) is 11.8 Å². The molecule has 3 amide bonds. The molecule has 0 aromatic carbocycles. The summed E-state index contributed by atoms with van der Waals surface area (Å²) in [5, 5.41) is 10.2. The van der Waals surface area contributed by atoms with Gasteiger partial charge in [0.25, 0.3) is 0 Å². The third-order valence-electron chi connectivity index (χ3n) is 5.30. The molecule has 0 aliphatic carbocycles. The molecule has 1 unspecified atom stereocenters. The standard InChI is InChI=1S/C20H26F3N7O4/c1-4-34-19(33)28-9-7-27(8-10-28)18(32)14(3)30-11-15(13(2)25-30)24-17(31)12-29-6-5-16(26-29)20(21,22)23/h5-6,11,14H,4,7-10,12H2,1-3H3,(H,24,31). The van der Waals surface area contributed by atoms with Crippen molar-refractivity contribution in [1.29, 1.82) is 0 Å². The molecule has 1 fully saturated rings. The van der Waals surface area contributed by atoms with E-state index in [9.17, 15) is 27.6 Å². The van der Waals surface area contributed by atoms with Crippen LogP contribution in [-0.2, 0) is 27.0 Å². The predicted octanol–water partition coefficient (Wildman–Crippen LogP) is 1.91. The van der Waals surface area contributed by atoms with Gasteiger partial charge in [0.05, 0.1) is 18.0 Å². The Morgan fingerprint density at radius 3 is 2.38 bits per heavy atom. The number of halogens is 3. The number of aromatic nitrogens is 4. The summed E-state index contributed by atoms with van der Waals surface area (Å²) in [7, 11) is 0. The van der Waals surface area contributed by atoms with Gasteiger partial charge < -0.3 is 19.9 Å². The molecule has 3 heterocycles. The smallest absolute Gasteiger partial charge is 0.435 e. The molecular formula is C20H26F3N7O4. The number of nitrogens with one attached hydrogen (secondary N) is 1. The fourth-order valence-corrected chi connectivity index (χ4v) is 3.44. The van der Waals surface area contributed by atoms with Crippen LogP contribution in [0.5, 0.6) is 0 Å². The van der Waals surface area contributed by atoms with Crippen LogP contribution in [0.25, 0.3) is 0 Å². The first kappa shape index (κ1) is 25.1. The Balaban J connectivity index is 1.57. The maximum absolute atomic E-state index is 12.9. The number of carbonyl (C=O) groups is 3. The van der Waals surface area contributed by atoms with E-state index in [1.54, 1.807) is 30.6 Å². The lowest BCUT2D eigenvalue weighted by Crippen LogP contribution is -2.52. The fourth-order valence-electron chi connectivity index (χ4n) is 3.44. The van der Waals surface area contributed by atoms with E-state index in [0.717, 1.165) is 16.9 Å². The van der Waals surface area contributed by atoms with Crippen LogP contribution in [0.2, 0.25) is 0 Å². The SMILES string of the molecule is CCOC(=O)N1CCN(C(=O)C(C)n2cc(NC(=O)Cn3ccc(C(F)(F)F)n3)c(C)n2)CC1. The molecule has 0 saturated carbocycles. The summed E-state index contributed by atoms with van der Waals surface area (Å²) in [5.41, 5.74) is -0.309. The number of carbonyl (C=O) groups excluding carboxylic acids is 3. The number of nitrogens with zero attached hydrogens (tertiary/aromatic N) is 6. The number of rotatable bonds is 6. The van der Waals surface area contributed by atoms with Crippen molar-refractivity contribution in [2.75, 3.05) is 38.1 Å². The largest absolute Gasteiger partial charge is 0.450 e. The Bertz CT molecular complexity index is 1040. The first-order chi connectivity index (χ1) is 16.0. The van der Waals surface area contributed by atoms with Crippen LogP contribution in [0.4, 0.5) is 23.7 Å². The lowest BCUT2D eigenvalue weighted by atomic mass is 10.2. The average molecular weight is 485 g/mol. The summed E-state index contributed by atoms with van der Waals surface area (Å²) in [4.78, 5) is 40.2. The van der Waals surface area contributed by atoms with Crippen LogP contribution >= 0.6 is 0 Å². The number of piperazine rings is 1. The van der Waals surface area contributed by atoms with Crippen molar-refractivity contribution in [1.82, 2.24) is 29.4 Å². The average Bonchev–Trinajstić information content (AvgIpc) is 3.40. The highest BCUT2D eigenvalue weighted by molar-refractivity contribution is 5.91. The Morgan fingerprint density at radius 2 is 1.79 bits per heavy atom. The maximum atomic E-state index is 12.9. The zero-order valence-corrected chi connectivity index (χ0v) is 19.0. The minimum absolute atomic E-state index is 0.194. The first-order valence-corrected chi connectivity index (χ1v) is 10.7. The highest BCUT2D eigenvalue weighted by atomic mass is 19.4. The molecule has 11 nitrogen and oxygen atoms in total. The summed E-state index contributed by atoms with van der Waals surface area (Å²) in [6, 6.07) is 0.120. The number of amides is 3. The molecule has 1 N–H and O–H groups in total. The second-order valence-corrected chi connectivity index (χ2v) is 7.74. The normalized spacial score (nSPS) is 15.2. The van der Waals surface area contributed by atoms with E-state index in [2.05, 4.69) is 15.5 Å². The number of hydrogen-bond acceptors (Lipinski definition) is 6. The Labute approximate surface area is 193 Å². The topological polar surface area (TPSA) is 115 Å². The van der Waals surface area contributed by atoms with E-state index in [1.165, 1.54) is 10.9 Å². The minimum Gasteiger partial charge on any atom is -0.450 e. The molecule has 34 heavy (non-hydrogen) atoms. The number of anilines is 1. The molecule has 3 rings (SSSR count). The molecule has 0 bridgehead atoms. The van der Waals surface area contributed by atoms with E-state index < -0.39 is 36.5 Å². The Morgan fingerprint density at radius 1 is 1.15 bits per heavy atom. The molecule has 1 atom stereocenters. The van der Waals surface area contributed by atoms with Crippen LogP contribution in [0.1, 0.15) is 31.3 Å². The van der Waals surface area contributed by atoms with E-state index in [4.69, 9.17) is 4.74 Å². The summed E-state index contributed by atoms with van der Waals surface area (Å²) in [5.74, 6) is -0.784. The van der Waals surface area contributed by atoms with Crippen LogP contribution in [0.15, 0.2) is 18.5 Å². The molecular weight excluding hydrogens is 459 g/mol. The molecule has 2 aromatic rings. The monoisotopic (exact) mass is 485 g/mol. The minimum atomic E-state index is -4.59. The van der Waals surface area contributed by atoms with Crippen molar-refractivity contribution in [2.24, 2.45) is 0 Å². The highest BCUT2D eigenvalue weighted by Crippen LogP contribution is 2.27.